The second-order valence-electron chi connectivity index (χ2n) is 4.85. The quantitative estimate of drug-likeness (QED) is 0.591. The number of aliphatic hydroxyl groups excluding tert-OH is 1. The molecule has 0 heterocycles. The Balaban J connectivity index is 2.69. The molecule has 0 aliphatic carbocycles. The molecular formula is C14H20N2O4. The summed E-state index contributed by atoms with van der Waals surface area (Å²) in [5.41, 5.74) is 0.0131. The third-order valence-corrected chi connectivity index (χ3v) is 3.80. The summed E-state index contributed by atoms with van der Waals surface area (Å²) in [4.78, 5) is 22.0. The highest BCUT2D eigenvalue weighted by Crippen LogP contribution is 2.24. The number of hydrogen-bond acceptors (Lipinski definition) is 4. The van der Waals surface area contributed by atoms with Crippen molar-refractivity contribution >= 4 is 11.6 Å². The van der Waals surface area contributed by atoms with Crippen LogP contribution in [0.4, 0.5) is 5.69 Å². The molecule has 0 aliphatic heterocycles. The van der Waals surface area contributed by atoms with E-state index in [4.69, 9.17) is 0 Å². The fourth-order valence-corrected chi connectivity index (χ4v) is 1.88. The molecule has 6 heteroatoms. The highest BCUT2D eigenvalue weighted by atomic mass is 16.6. The normalized spacial score (nSPS) is 11.2. The Kier molecular flexibility index (Phi) is 5.64. The number of rotatable bonds is 7. The minimum atomic E-state index is -0.507. The third kappa shape index (κ3) is 3.77. The van der Waals surface area contributed by atoms with Crippen molar-refractivity contribution < 1.29 is 14.8 Å². The number of carbonyl (C=O) groups is 1. The van der Waals surface area contributed by atoms with Crippen LogP contribution in [0.3, 0.4) is 0 Å². The Bertz CT molecular complexity index is 458. The molecule has 0 aliphatic rings. The lowest BCUT2D eigenvalue weighted by Gasteiger charge is -2.29. The predicted molar refractivity (Wildman–Crippen MR) is 75.5 cm³/mol. The smallest absolute Gasteiger partial charge is 0.269 e. The van der Waals surface area contributed by atoms with E-state index in [2.05, 4.69) is 5.32 Å². The first-order valence-corrected chi connectivity index (χ1v) is 6.61. The van der Waals surface area contributed by atoms with E-state index < -0.39 is 4.92 Å². The highest BCUT2D eigenvalue weighted by molar-refractivity contribution is 5.94. The zero-order valence-corrected chi connectivity index (χ0v) is 11.8. The van der Waals surface area contributed by atoms with Crippen molar-refractivity contribution in [3.05, 3.63) is 39.9 Å². The highest BCUT2D eigenvalue weighted by Gasteiger charge is 2.26. The van der Waals surface area contributed by atoms with E-state index in [0.717, 1.165) is 12.8 Å². The van der Waals surface area contributed by atoms with Crippen LogP contribution in [0.5, 0.6) is 0 Å². The van der Waals surface area contributed by atoms with Gasteiger partial charge in [-0.05, 0) is 25.0 Å². The van der Waals surface area contributed by atoms with E-state index >= 15 is 0 Å². The maximum atomic E-state index is 12.0. The van der Waals surface area contributed by atoms with E-state index in [1.54, 1.807) is 0 Å². The van der Waals surface area contributed by atoms with E-state index in [-0.39, 0.29) is 23.6 Å². The summed E-state index contributed by atoms with van der Waals surface area (Å²) >= 11 is 0. The number of nitro groups is 1. The van der Waals surface area contributed by atoms with E-state index in [0.29, 0.717) is 12.1 Å². The van der Waals surface area contributed by atoms with Crippen LogP contribution < -0.4 is 5.32 Å². The summed E-state index contributed by atoms with van der Waals surface area (Å²) in [5, 5.41) is 22.7. The van der Waals surface area contributed by atoms with Crippen molar-refractivity contribution in [3.8, 4) is 0 Å². The first-order valence-electron chi connectivity index (χ1n) is 6.61. The third-order valence-electron chi connectivity index (χ3n) is 3.80. The second-order valence-corrected chi connectivity index (χ2v) is 4.85. The van der Waals surface area contributed by atoms with Gasteiger partial charge in [0.15, 0.2) is 0 Å². The molecule has 0 atom stereocenters. The van der Waals surface area contributed by atoms with Gasteiger partial charge in [0.25, 0.3) is 11.6 Å². The molecule has 0 radical (unpaired) electrons. The molecule has 0 unspecified atom stereocenters. The zero-order valence-electron chi connectivity index (χ0n) is 11.8. The summed E-state index contributed by atoms with van der Waals surface area (Å²) < 4.78 is 0. The molecule has 1 aromatic carbocycles. The molecule has 0 saturated carbocycles. The van der Waals surface area contributed by atoms with Crippen molar-refractivity contribution in [2.24, 2.45) is 5.41 Å². The van der Waals surface area contributed by atoms with Crippen molar-refractivity contribution in [2.45, 2.75) is 26.7 Å². The van der Waals surface area contributed by atoms with Crippen molar-refractivity contribution in [2.75, 3.05) is 13.2 Å². The van der Waals surface area contributed by atoms with Gasteiger partial charge in [-0.15, -0.1) is 0 Å². The number of hydrogen-bond donors (Lipinski definition) is 2. The average molecular weight is 280 g/mol. The van der Waals surface area contributed by atoms with Crippen LogP contribution in [-0.2, 0) is 0 Å². The Morgan fingerprint density at radius 2 is 1.85 bits per heavy atom. The SMILES string of the molecule is CCC(CC)(CO)CNC(=O)c1ccc([N+](=O)[O-])cc1. The lowest BCUT2D eigenvalue weighted by Crippen LogP contribution is -2.39. The average Bonchev–Trinajstić information content (AvgIpc) is 2.49. The number of nitro benzene ring substituents is 1. The van der Waals surface area contributed by atoms with Gasteiger partial charge in [0.2, 0.25) is 0 Å². The number of nitrogens with zero attached hydrogens (tertiary/aromatic N) is 1. The molecule has 0 saturated heterocycles. The monoisotopic (exact) mass is 280 g/mol. The van der Waals surface area contributed by atoms with Gasteiger partial charge in [0, 0.05) is 29.7 Å². The number of nitrogens with one attached hydrogen (secondary N) is 1. The fraction of sp³-hybridized carbons (Fsp3) is 0.500. The van der Waals surface area contributed by atoms with Crippen molar-refractivity contribution in [1.29, 1.82) is 0 Å². The van der Waals surface area contributed by atoms with Crippen LogP contribution in [0.25, 0.3) is 0 Å². The van der Waals surface area contributed by atoms with Gasteiger partial charge in [0.05, 0.1) is 11.5 Å². The van der Waals surface area contributed by atoms with E-state index in [9.17, 15) is 20.0 Å². The molecule has 20 heavy (non-hydrogen) atoms. The van der Waals surface area contributed by atoms with Crippen molar-refractivity contribution in [1.82, 2.24) is 5.32 Å². The molecule has 1 aromatic rings. The molecule has 0 aromatic heterocycles. The number of carbonyl (C=O) groups excluding carboxylic acids is 1. The topological polar surface area (TPSA) is 92.5 Å². The first kappa shape index (κ1) is 16.1. The number of benzene rings is 1. The van der Waals surface area contributed by atoms with Gasteiger partial charge in [-0.3, -0.25) is 14.9 Å². The second kappa shape index (κ2) is 7.00. The number of aliphatic hydroxyl groups is 1. The Hall–Kier alpha value is -1.95. The molecule has 1 amide bonds. The van der Waals surface area contributed by atoms with E-state index in [1.165, 1.54) is 24.3 Å². The Morgan fingerprint density at radius 3 is 2.25 bits per heavy atom. The van der Waals surface area contributed by atoms with Crippen LogP contribution in [0, 0.1) is 15.5 Å². The minimum absolute atomic E-state index is 0.0144. The molecule has 1 rings (SSSR count). The summed E-state index contributed by atoms with van der Waals surface area (Å²) in [7, 11) is 0. The van der Waals surface area contributed by atoms with Crippen LogP contribution in [0.1, 0.15) is 37.0 Å². The number of non-ortho nitro benzene ring substituents is 1. The van der Waals surface area contributed by atoms with Gasteiger partial charge in [-0.1, -0.05) is 13.8 Å². The molecular weight excluding hydrogens is 260 g/mol. The summed E-state index contributed by atoms with van der Waals surface area (Å²) in [6, 6.07) is 5.44. The minimum Gasteiger partial charge on any atom is -0.396 e. The van der Waals surface area contributed by atoms with Gasteiger partial charge in [-0.25, -0.2) is 0 Å². The Morgan fingerprint density at radius 1 is 1.30 bits per heavy atom. The van der Waals surface area contributed by atoms with Crippen molar-refractivity contribution in [3.63, 3.8) is 0 Å². The number of amides is 1. The lowest BCUT2D eigenvalue weighted by atomic mass is 9.83. The molecule has 0 spiro atoms. The van der Waals surface area contributed by atoms with Gasteiger partial charge in [0.1, 0.15) is 0 Å². The first-order chi connectivity index (χ1) is 9.48. The summed E-state index contributed by atoms with van der Waals surface area (Å²) in [5.74, 6) is -0.292. The van der Waals surface area contributed by atoms with Crippen LogP contribution in [0.2, 0.25) is 0 Å². The Labute approximate surface area is 118 Å². The molecule has 110 valence electrons. The molecule has 6 nitrogen and oxygen atoms in total. The van der Waals surface area contributed by atoms with Gasteiger partial charge >= 0.3 is 0 Å². The summed E-state index contributed by atoms with van der Waals surface area (Å²) in [6.45, 7) is 4.34. The largest absolute Gasteiger partial charge is 0.396 e. The molecule has 0 bridgehead atoms. The lowest BCUT2D eigenvalue weighted by molar-refractivity contribution is -0.384. The van der Waals surface area contributed by atoms with Gasteiger partial charge < -0.3 is 10.4 Å². The molecule has 2 N–H and O–H groups in total. The van der Waals surface area contributed by atoms with Crippen LogP contribution >= 0.6 is 0 Å². The zero-order chi connectivity index (χ0) is 15.2. The molecule has 0 fully saturated rings. The van der Waals surface area contributed by atoms with Crippen LogP contribution in [0.15, 0.2) is 24.3 Å². The van der Waals surface area contributed by atoms with E-state index in [1.807, 2.05) is 13.8 Å². The standard InChI is InChI=1S/C14H20N2O4/c1-3-14(4-2,10-17)9-15-13(18)11-5-7-12(8-6-11)16(19)20/h5-8,17H,3-4,9-10H2,1-2H3,(H,15,18). The predicted octanol–water partition coefficient (Wildman–Crippen LogP) is 2.12. The fourth-order valence-electron chi connectivity index (χ4n) is 1.88. The maximum Gasteiger partial charge on any atom is 0.269 e. The van der Waals surface area contributed by atoms with Crippen LogP contribution in [-0.4, -0.2) is 29.1 Å². The maximum absolute atomic E-state index is 12.0. The van der Waals surface area contributed by atoms with Gasteiger partial charge in [-0.2, -0.15) is 0 Å². The summed E-state index contributed by atoms with van der Waals surface area (Å²) in [6.07, 6.45) is 1.53.